The fourth-order valence-electron chi connectivity index (χ4n) is 2.49. The average molecular weight is 314 g/mol. The molecule has 1 heterocycles. The zero-order valence-electron chi connectivity index (χ0n) is 12.6. The van der Waals surface area contributed by atoms with Crippen LogP contribution in [-0.2, 0) is 14.8 Å². The molecule has 2 rings (SSSR count). The van der Waals surface area contributed by atoms with Gasteiger partial charge >= 0.3 is 0 Å². The molecule has 1 aromatic rings. The fourth-order valence-corrected chi connectivity index (χ4v) is 4.18. The van der Waals surface area contributed by atoms with E-state index in [1.807, 2.05) is 6.92 Å². The van der Waals surface area contributed by atoms with Gasteiger partial charge in [-0.2, -0.15) is 4.31 Å². The van der Waals surface area contributed by atoms with Gasteiger partial charge in [0.15, 0.2) is 0 Å². The molecule has 0 amide bonds. The second-order valence-corrected chi connectivity index (χ2v) is 7.13. The van der Waals surface area contributed by atoms with Gasteiger partial charge in [0.1, 0.15) is 10.6 Å². The van der Waals surface area contributed by atoms with Crippen LogP contribution in [0.1, 0.15) is 18.4 Å². The number of methoxy groups -OCH3 is 2. The highest BCUT2D eigenvalue weighted by atomic mass is 32.2. The molecule has 0 aromatic heterocycles. The molecule has 7 heteroatoms. The summed E-state index contributed by atoms with van der Waals surface area (Å²) in [4.78, 5) is 0.116. The van der Waals surface area contributed by atoms with E-state index >= 15 is 0 Å². The SMILES string of the molecule is COc1cc(C)c(N)cc1S(=O)(=O)N1CCCC(OC)C1. The molecule has 1 unspecified atom stereocenters. The van der Waals surface area contributed by atoms with E-state index < -0.39 is 10.0 Å². The number of nitrogens with two attached hydrogens (primary N) is 1. The standard InChI is InChI=1S/C14H22N2O4S/c1-10-7-13(20-3)14(8-12(10)15)21(17,18)16-6-4-5-11(9-16)19-2/h7-8,11H,4-6,9,15H2,1-3H3. The normalized spacial score (nSPS) is 20.4. The molecule has 1 aliphatic rings. The number of nitrogen functional groups attached to an aromatic ring is 1. The molecule has 1 fully saturated rings. The average Bonchev–Trinajstić information content (AvgIpc) is 2.49. The summed E-state index contributed by atoms with van der Waals surface area (Å²) in [6, 6.07) is 3.12. The summed E-state index contributed by atoms with van der Waals surface area (Å²) in [7, 11) is -0.580. The van der Waals surface area contributed by atoms with Crippen molar-refractivity contribution in [2.75, 3.05) is 33.0 Å². The Kier molecular flexibility index (Phi) is 4.75. The first-order valence-electron chi connectivity index (χ1n) is 6.87. The highest BCUT2D eigenvalue weighted by Crippen LogP contribution is 2.32. The quantitative estimate of drug-likeness (QED) is 0.849. The maximum atomic E-state index is 12.8. The number of piperidine rings is 1. The number of hydrogen-bond acceptors (Lipinski definition) is 5. The Balaban J connectivity index is 2.41. The van der Waals surface area contributed by atoms with Gasteiger partial charge in [-0.25, -0.2) is 8.42 Å². The molecule has 0 aliphatic carbocycles. The van der Waals surface area contributed by atoms with Crippen molar-refractivity contribution in [1.82, 2.24) is 4.31 Å². The second-order valence-electron chi connectivity index (χ2n) is 5.22. The van der Waals surface area contributed by atoms with E-state index in [-0.39, 0.29) is 11.0 Å². The van der Waals surface area contributed by atoms with Gasteiger partial charge in [-0.1, -0.05) is 0 Å². The number of hydrogen-bond donors (Lipinski definition) is 1. The Morgan fingerprint density at radius 3 is 2.67 bits per heavy atom. The molecule has 1 atom stereocenters. The Morgan fingerprint density at radius 2 is 2.05 bits per heavy atom. The topological polar surface area (TPSA) is 81.9 Å². The Hall–Kier alpha value is -1.31. The molecular weight excluding hydrogens is 292 g/mol. The van der Waals surface area contributed by atoms with Crippen LogP contribution < -0.4 is 10.5 Å². The van der Waals surface area contributed by atoms with Crippen LogP contribution in [0.15, 0.2) is 17.0 Å². The van der Waals surface area contributed by atoms with E-state index in [4.69, 9.17) is 15.2 Å². The lowest BCUT2D eigenvalue weighted by molar-refractivity contribution is 0.0571. The van der Waals surface area contributed by atoms with Gasteiger partial charge in [-0.05, 0) is 37.5 Å². The molecular formula is C14H22N2O4S. The molecule has 0 spiro atoms. The Bertz CT molecular complexity index is 616. The number of nitrogens with zero attached hydrogens (tertiary/aromatic N) is 1. The number of rotatable bonds is 4. The summed E-state index contributed by atoms with van der Waals surface area (Å²) in [6.07, 6.45) is 1.58. The first-order valence-corrected chi connectivity index (χ1v) is 8.31. The van der Waals surface area contributed by atoms with E-state index in [1.54, 1.807) is 13.2 Å². The molecule has 2 N–H and O–H groups in total. The van der Waals surface area contributed by atoms with Crippen molar-refractivity contribution in [2.24, 2.45) is 0 Å². The van der Waals surface area contributed by atoms with Gasteiger partial charge in [0, 0.05) is 25.9 Å². The van der Waals surface area contributed by atoms with Crippen molar-refractivity contribution in [3.05, 3.63) is 17.7 Å². The summed E-state index contributed by atoms with van der Waals surface area (Å²) in [5.74, 6) is 0.321. The molecule has 1 aliphatic heterocycles. The van der Waals surface area contributed by atoms with Crippen LogP contribution in [0.4, 0.5) is 5.69 Å². The van der Waals surface area contributed by atoms with Gasteiger partial charge in [-0.3, -0.25) is 0 Å². The predicted octanol–water partition coefficient (Wildman–Crippen LogP) is 1.39. The molecule has 6 nitrogen and oxygen atoms in total. The molecule has 0 saturated carbocycles. The number of aryl methyl sites for hydroxylation is 1. The third kappa shape index (κ3) is 3.14. The number of anilines is 1. The molecule has 1 aromatic carbocycles. The van der Waals surface area contributed by atoms with Gasteiger partial charge < -0.3 is 15.2 Å². The minimum Gasteiger partial charge on any atom is -0.495 e. The monoisotopic (exact) mass is 314 g/mol. The van der Waals surface area contributed by atoms with E-state index in [9.17, 15) is 8.42 Å². The number of benzene rings is 1. The minimum atomic E-state index is -3.64. The van der Waals surface area contributed by atoms with Crippen LogP contribution in [0.3, 0.4) is 0 Å². The molecule has 21 heavy (non-hydrogen) atoms. The largest absolute Gasteiger partial charge is 0.495 e. The zero-order chi connectivity index (χ0) is 15.6. The number of sulfonamides is 1. The van der Waals surface area contributed by atoms with Crippen LogP contribution in [0.25, 0.3) is 0 Å². The van der Waals surface area contributed by atoms with Crippen molar-refractivity contribution >= 4 is 15.7 Å². The van der Waals surface area contributed by atoms with Crippen LogP contribution >= 0.6 is 0 Å². The van der Waals surface area contributed by atoms with Gasteiger partial charge in [-0.15, -0.1) is 0 Å². The minimum absolute atomic E-state index is 0.0673. The molecule has 1 saturated heterocycles. The van der Waals surface area contributed by atoms with Gasteiger partial charge in [0.05, 0.1) is 13.2 Å². The van der Waals surface area contributed by atoms with E-state index in [2.05, 4.69) is 0 Å². The molecule has 0 bridgehead atoms. The summed E-state index contributed by atoms with van der Waals surface area (Å²) in [5, 5.41) is 0. The molecule has 118 valence electrons. The number of ether oxygens (including phenoxy) is 2. The van der Waals surface area contributed by atoms with Crippen molar-refractivity contribution in [3.63, 3.8) is 0 Å². The van der Waals surface area contributed by atoms with Crippen LogP contribution in [0.5, 0.6) is 5.75 Å². The highest BCUT2D eigenvalue weighted by Gasteiger charge is 2.32. The van der Waals surface area contributed by atoms with E-state index in [0.29, 0.717) is 24.5 Å². The van der Waals surface area contributed by atoms with Crippen molar-refractivity contribution in [1.29, 1.82) is 0 Å². The van der Waals surface area contributed by atoms with Crippen molar-refractivity contribution < 1.29 is 17.9 Å². The van der Waals surface area contributed by atoms with Gasteiger partial charge in [0.2, 0.25) is 10.0 Å². The summed E-state index contributed by atoms with van der Waals surface area (Å²) in [5.41, 5.74) is 7.09. The van der Waals surface area contributed by atoms with Crippen molar-refractivity contribution in [2.45, 2.75) is 30.8 Å². The lowest BCUT2D eigenvalue weighted by Crippen LogP contribution is -2.42. The van der Waals surface area contributed by atoms with Crippen LogP contribution in [-0.4, -0.2) is 46.1 Å². The second kappa shape index (κ2) is 6.21. The summed E-state index contributed by atoms with van der Waals surface area (Å²) < 4.78 is 37.6. The van der Waals surface area contributed by atoms with Crippen molar-refractivity contribution in [3.8, 4) is 5.75 Å². The predicted molar refractivity (Wildman–Crippen MR) is 80.9 cm³/mol. The first-order chi connectivity index (χ1) is 9.90. The van der Waals surface area contributed by atoms with Gasteiger partial charge in [0.25, 0.3) is 0 Å². The fraction of sp³-hybridized carbons (Fsp3) is 0.571. The first kappa shape index (κ1) is 16.1. The van der Waals surface area contributed by atoms with Crippen LogP contribution in [0.2, 0.25) is 0 Å². The Labute approximate surface area is 125 Å². The Morgan fingerprint density at radius 1 is 1.33 bits per heavy atom. The third-order valence-electron chi connectivity index (χ3n) is 3.84. The lowest BCUT2D eigenvalue weighted by atomic mass is 10.1. The summed E-state index contributed by atoms with van der Waals surface area (Å²) in [6.45, 7) is 2.66. The van der Waals surface area contributed by atoms with E-state index in [1.165, 1.54) is 17.5 Å². The maximum absolute atomic E-state index is 12.8. The van der Waals surface area contributed by atoms with E-state index in [0.717, 1.165) is 18.4 Å². The lowest BCUT2D eigenvalue weighted by Gasteiger charge is -2.31. The summed E-state index contributed by atoms with van der Waals surface area (Å²) >= 11 is 0. The zero-order valence-corrected chi connectivity index (χ0v) is 13.4. The maximum Gasteiger partial charge on any atom is 0.246 e. The smallest absolute Gasteiger partial charge is 0.246 e. The highest BCUT2D eigenvalue weighted by molar-refractivity contribution is 7.89. The third-order valence-corrected chi connectivity index (χ3v) is 5.73. The molecule has 0 radical (unpaired) electrons. The van der Waals surface area contributed by atoms with Crippen LogP contribution in [0, 0.1) is 6.92 Å².